The number of anilines is 1. The number of nitrogens with one attached hydrogen (secondary N) is 2. The summed E-state index contributed by atoms with van der Waals surface area (Å²) in [6.07, 6.45) is 3.14. The smallest absolute Gasteiger partial charge is 0.317 e. The molecular formula is C14H21N3O. The van der Waals surface area contributed by atoms with Gasteiger partial charge in [0.2, 0.25) is 0 Å². The van der Waals surface area contributed by atoms with Gasteiger partial charge in [0, 0.05) is 0 Å². The zero-order valence-corrected chi connectivity index (χ0v) is 11.3. The highest BCUT2D eigenvalue weighted by Gasteiger charge is 2.38. The Morgan fingerprint density at radius 2 is 2.06 bits per heavy atom. The molecule has 0 radical (unpaired) electrons. The van der Waals surface area contributed by atoms with Gasteiger partial charge in [-0.2, -0.15) is 0 Å². The van der Waals surface area contributed by atoms with Gasteiger partial charge in [-0.1, -0.05) is 31.5 Å². The summed E-state index contributed by atoms with van der Waals surface area (Å²) < 4.78 is 0. The van der Waals surface area contributed by atoms with E-state index in [2.05, 4.69) is 17.7 Å². The lowest BCUT2D eigenvalue weighted by Gasteiger charge is -2.25. The molecule has 98 valence electrons. The minimum atomic E-state index is -0.338. The molecule has 1 fully saturated rings. The molecule has 0 saturated carbocycles. The molecule has 1 heterocycles. The van der Waals surface area contributed by atoms with Crippen LogP contribution in [0, 0.1) is 6.92 Å². The molecule has 1 aliphatic rings. The number of carbonyl (C=O) groups is 1. The standard InChI is InChI=1S/C14H21N3O/c1-4-5-10-14(3)15-13(18)17(16-14)12-9-7-6-8-11(12)2/h6-9,16H,4-5,10H2,1-3H3,(H,15,18)/t14-/m1/s1. The first kappa shape index (κ1) is 12.9. The SMILES string of the molecule is CCCC[C@]1(C)NC(=O)N(c2ccccc2C)N1. The Balaban J connectivity index is 2.17. The number of hydrogen-bond donors (Lipinski definition) is 2. The third-order valence-corrected chi connectivity index (χ3v) is 3.33. The summed E-state index contributed by atoms with van der Waals surface area (Å²) in [6.45, 7) is 6.18. The maximum absolute atomic E-state index is 12.1. The Bertz CT molecular complexity index is 446. The first-order chi connectivity index (χ1) is 8.56. The highest BCUT2D eigenvalue weighted by atomic mass is 16.2. The van der Waals surface area contributed by atoms with E-state index < -0.39 is 0 Å². The number of nitrogens with zero attached hydrogens (tertiary/aromatic N) is 1. The number of benzene rings is 1. The van der Waals surface area contributed by atoms with Gasteiger partial charge in [-0.3, -0.25) is 0 Å². The molecule has 2 amide bonds. The molecule has 0 unspecified atom stereocenters. The number of aryl methyl sites for hydroxylation is 1. The van der Waals surface area contributed by atoms with Crippen LogP contribution in [0.2, 0.25) is 0 Å². The molecule has 1 atom stereocenters. The van der Waals surface area contributed by atoms with E-state index in [0.29, 0.717) is 0 Å². The van der Waals surface area contributed by atoms with Gasteiger partial charge in [0.15, 0.2) is 0 Å². The molecule has 18 heavy (non-hydrogen) atoms. The van der Waals surface area contributed by atoms with Crippen LogP contribution in [0.5, 0.6) is 0 Å². The van der Waals surface area contributed by atoms with Gasteiger partial charge < -0.3 is 5.32 Å². The molecule has 4 nitrogen and oxygen atoms in total. The summed E-state index contributed by atoms with van der Waals surface area (Å²) in [7, 11) is 0. The van der Waals surface area contributed by atoms with Crippen LogP contribution in [-0.2, 0) is 0 Å². The fourth-order valence-electron chi connectivity index (χ4n) is 2.25. The normalized spacial score (nSPS) is 23.3. The summed E-state index contributed by atoms with van der Waals surface area (Å²) >= 11 is 0. The van der Waals surface area contributed by atoms with Gasteiger partial charge in [0.25, 0.3) is 0 Å². The van der Waals surface area contributed by atoms with Crippen molar-refractivity contribution in [1.29, 1.82) is 0 Å². The number of hydrogen-bond acceptors (Lipinski definition) is 2. The van der Waals surface area contributed by atoms with Crippen molar-refractivity contribution in [2.75, 3.05) is 5.01 Å². The van der Waals surface area contributed by atoms with E-state index in [9.17, 15) is 4.79 Å². The number of urea groups is 1. The van der Waals surface area contributed by atoms with Crippen LogP contribution in [0.15, 0.2) is 24.3 Å². The van der Waals surface area contributed by atoms with Gasteiger partial charge in [0.05, 0.1) is 5.69 Å². The van der Waals surface area contributed by atoms with Crippen molar-refractivity contribution < 1.29 is 4.79 Å². The number of para-hydroxylation sites is 1. The minimum absolute atomic E-state index is 0.0806. The molecular weight excluding hydrogens is 226 g/mol. The summed E-state index contributed by atoms with van der Waals surface area (Å²) in [5, 5.41) is 4.63. The Kier molecular flexibility index (Phi) is 3.57. The van der Waals surface area contributed by atoms with Crippen LogP contribution in [0.4, 0.5) is 10.5 Å². The summed E-state index contributed by atoms with van der Waals surface area (Å²) in [6, 6.07) is 7.80. The highest BCUT2D eigenvalue weighted by molar-refractivity contribution is 5.94. The second kappa shape index (κ2) is 4.98. The van der Waals surface area contributed by atoms with Crippen LogP contribution < -0.4 is 15.8 Å². The van der Waals surface area contributed by atoms with Crippen molar-refractivity contribution in [3.8, 4) is 0 Å². The van der Waals surface area contributed by atoms with Gasteiger partial charge >= 0.3 is 6.03 Å². The molecule has 1 saturated heterocycles. The van der Waals surface area contributed by atoms with Crippen molar-refractivity contribution in [3.05, 3.63) is 29.8 Å². The number of rotatable bonds is 4. The van der Waals surface area contributed by atoms with Crippen LogP contribution in [-0.4, -0.2) is 11.7 Å². The monoisotopic (exact) mass is 247 g/mol. The zero-order valence-electron chi connectivity index (χ0n) is 11.3. The molecule has 1 aromatic rings. The first-order valence-electron chi connectivity index (χ1n) is 6.51. The molecule has 0 aromatic heterocycles. The minimum Gasteiger partial charge on any atom is -0.317 e. The third-order valence-electron chi connectivity index (χ3n) is 3.33. The third kappa shape index (κ3) is 2.48. The lowest BCUT2D eigenvalue weighted by Crippen LogP contribution is -2.48. The molecule has 2 rings (SSSR count). The van der Waals surface area contributed by atoms with Gasteiger partial charge in [-0.25, -0.2) is 15.2 Å². The Morgan fingerprint density at radius 1 is 1.33 bits per heavy atom. The predicted octanol–water partition coefficient (Wildman–Crippen LogP) is 2.94. The number of unbranched alkanes of at least 4 members (excludes halogenated alkanes) is 1. The molecule has 1 aromatic carbocycles. The van der Waals surface area contributed by atoms with Gasteiger partial charge in [-0.05, 0) is 38.3 Å². The molecule has 4 heteroatoms. The lowest BCUT2D eigenvalue weighted by atomic mass is 10.1. The van der Waals surface area contributed by atoms with Crippen LogP contribution in [0.25, 0.3) is 0 Å². The molecule has 0 spiro atoms. The molecule has 1 aliphatic heterocycles. The van der Waals surface area contributed by atoms with Crippen molar-refractivity contribution in [1.82, 2.24) is 10.7 Å². The largest absolute Gasteiger partial charge is 0.338 e. The van der Waals surface area contributed by atoms with Crippen LogP contribution in [0.3, 0.4) is 0 Å². The highest BCUT2D eigenvalue weighted by Crippen LogP contribution is 2.24. The van der Waals surface area contributed by atoms with E-state index in [1.165, 1.54) is 0 Å². The molecule has 2 N–H and O–H groups in total. The predicted molar refractivity (Wildman–Crippen MR) is 73.3 cm³/mol. The summed E-state index contributed by atoms with van der Waals surface area (Å²) in [4.78, 5) is 12.1. The zero-order chi connectivity index (χ0) is 13.2. The van der Waals surface area contributed by atoms with E-state index >= 15 is 0 Å². The van der Waals surface area contributed by atoms with Crippen molar-refractivity contribution >= 4 is 11.7 Å². The number of carbonyl (C=O) groups excluding carboxylic acids is 1. The van der Waals surface area contributed by atoms with Crippen molar-refractivity contribution in [3.63, 3.8) is 0 Å². The van der Waals surface area contributed by atoms with Crippen LogP contribution >= 0.6 is 0 Å². The van der Waals surface area contributed by atoms with E-state index in [1.54, 1.807) is 5.01 Å². The number of amides is 2. The van der Waals surface area contributed by atoms with Crippen LogP contribution in [0.1, 0.15) is 38.7 Å². The van der Waals surface area contributed by atoms with E-state index in [-0.39, 0.29) is 11.7 Å². The maximum atomic E-state index is 12.1. The van der Waals surface area contributed by atoms with Gasteiger partial charge in [0.1, 0.15) is 5.66 Å². The fourth-order valence-corrected chi connectivity index (χ4v) is 2.25. The Labute approximate surface area is 108 Å². The molecule has 0 bridgehead atoms. The topological polar surface area (TPSA) is 44.4 Å². The summed E-state index contributed by atoms with van der Waals surface area (Å²) in [5.41, 5.74) is 4.94. The number of hydrazine groups is 1. The van der Waals surface area contributed by atoms with Crippen molar-refractivity contribution in [2.24, 2.45) is 0 Å². The van der Waals surface area contributed by atoms with E-state index in [4.69, 9.17) is 0 Å². The summed E-state index contributed by atoms with van der Waals surface area (Å²) in [5.74, 6) is 0. The van der Waals surface area contributed by atoms with E-state index in [0.717, 1.165) is 30.5 Å². The quantitative estimate of drug-likeness (QED) is 0.859. The lowest BCUT2D eigenvalue weighted by molar-refractivity contribution is 0.246. The Hall–Kier alpha value is -1.55. The second-order valence-electron chi connectivity index (χ2n) is 5.10. The molecule has 0 aliphatic carbocycles. The maximum Gasteiger partial charge on any atom is 0.338 e. The average Bonchev–Trinajstić information content (AvgIpc) is 2.64. The average molecular weight is 247 g/mol. The second-order valence-corrected chi connectivity index (χ2v) is 5.10. The fraction of sp³-hybridized carbons (Fsp3) is 0.500. The first-order valence-corrected chi connectivity index (χ1v) is 6.51. The van der Waals surface area contributed by atoms with E-state index in [1.807, 2.05) is 38.1 Å². The Morgan fingerprint density at radius 3 is 2.72 bits per heavy atom. The van der Waals surface area contributed by atoms with Gasteiger partial charge in [-0.15, -0.1) is 0 Å². The van der Waals surface area contributed by atoms with Crippen molar-refractivity contribution in [2.45, 2.75) is 45.7 Å².